The van der Waals surface area contributed by atoms with Gasteiger partial charge in [-0.2, -0.15) is 0 Å². The van der Waals surface area contributed by atoms with Gasteiger partial charge in [-0.3, -0.25) is 4.79 Å². The van der Waals surface area contributed by atoms with Gasteiger partial charge in [-0.05, 0) is 51.0 Å². The van der Waals surface area contributed by atoms with Crippen molar-refractivity contribution in [2.75, 3.05) is 0 Å². The predicted octanol–water partition coefficient (Wildman–Crippen LogP) is 4.13. The van der Waals surface area contributed by atoms with Crippen LogP contribution in [0.1, 0.15) is 39.0 Å². The highest BCUT2D eigenvalue weighted by atomic mass is 35.5. The molecule has 1 unspecified atom stereocenters. The number of rotatable bonds is 1. The number of fused-ring (bicyclic) bond motifs is 3. The molecule has 18 heavy (non-hydrogen) atoms. The zero-order valence-corrected chi connectivity index (χ0v) is 11.9. The Hall–Kier alpha value is -0.470. The van der Waals surface area contributed by atoms with Crippen LogP contribution in [0.3, 0.4) is 0 Å². The van der Waals surface area contributed by atoms with Crippen LogP contribution in [-0.4, -0.2) is 11.6 Å². The molecule has 2 aliphatic heterocycles. The first kappa shape index (κ1) is 12.6. The van der Waals surface area contributed by atoms with Gasteiger partial charge in [0.05, 0.1) is 10.4 Å². The van der Waals surface area contributed by atoms with Gasteiger partial charge < -0.3 is 4.74 Å². The maximum atomic E-state index is 12.3. The van der Waals surface area contributed by atoms with E-state index in [4.69, 9.17) is 27.9 Å². The Kier molecular flexibility index (Phi) is 2.80. The van der Waals surface area contributed by atoms with E-state index in [1.807, 2.05) is 19.1 Å². The van der Waals surface area contributed by atoms with E-state index in [-0.39, 0.29) is 22.9 Å². The normalized spacial score (nSPS) is 43.3. The van der Waals surface area contributed by atoms with Gasteiger partial charge in [0.25, 0.3) is 0 Å². The van der Waals surface area contributed by atoms with Gasteiger partial charge in [-0.25, -0.2) is 0 Å². The molecule has 2 aliphatic carbocycles. The van der Waals surface area contributed by atoms with E-state index in [1.54, 1.807) is 0 Å². The number of hydrogen-bond acceptors (Lipinski definition) is 2. The first-order valence-corrected chi connectivity index (χ1v) is 7.17. The van der Waals surface area contributed by atoms with Crippen molar-refractivity contribution in [3.63, 3.8) is 0 Å². The van der Waals surface area contributed by atoms with E-state index in [2.05, 4.69) is 0 Å². The van der Waals surface area contributed by atoms with Crippen LogP contribution < -0.4 is 0 Å². The van der Waals surface area contributed by atoms with Crippen molar-refractivity contribution in [2.45, 2.75) is 44.6 Å². The second kappa shape index (κ2) is 4.01. The molecule has 4 heteroatoms. The van der Waals surface area contributed by atoms with Crippen LogP contribution in [0.4, 0.5) is 0 Å². The van der Waals surface area contributed by atoms with E-state index in [9.17, 15) is 4.79 Å². The molecule has 0 aromatic heterocycles. The molecule has 0 spiro atoms. The van der Waals surface area contributed by atoms with E-state index in [0.29, 0.717) is 16.5 Å². The van der Waals surface area contributed by atoms with Gasteiger partial charge in [0.1, 0.15) is 5.60 Å². The SMILES string of the molecule is C[C@]12CC[C@](C3C=CC(Cl)=C(Cl)C3)(CC1)C(=O)O2. The Balaban J connectivity index is 1.89. The van der Waals surface area contributed by atoms with Crippen LogP contribution >= 0.6 is 23.2 Å². The van der Waals surface area contributed by atoms with Gasteiger partial charge in [-0.15, -0.1) is 0 Å². The van der Waals surface area contributed by atoms with Gasteiger partial charge in [0, 0.05) is 5.03 Å². The molecule has 0 aromatic carbocycles. The van der Waals surface area contributed by atoms with E-state index >= 15 is 0 Å². The number of carbonyl (C=O) groups is 1. The minimum Gasteiger partial charge on any atom is -0.459 e. The zero-order valence-electron chi connectivity index (χ0n) is 10.3. The Labute approximate surface area is 117 Å². The zero-order chi connectivity index (χ0) is 13.0. The van der Waals surface area contributed by atoms with Crippen LogP contribution in [0.25, 0.3) is 0 Å². The first-order chi connectivity index (χ1) is 8.45. The summed E-state index contributed by atoms with van der Waals surface area (Å²) in [6, 6.07) is 0. The van der Waals surface area contributed by atoms with Crippen molar-refractivity contribution in [3.05, 3.63) is 22.2 Å². The summed E-state index contributed by atoms with van der Waals surface area (Å²) in [5, 5.41) is 1.25. The molecule has 2 saturated heterocycles. The van der Waals surface area contributed by atoms with Crippen LogP contribution in [0, 0.1) is 11.3 Å². The van der Waals surface area contributed by atoms with Crippen LogP contribution in [0.5, 0.6) is 0 Å². The van der Waals surface area contributed by atoms with E-state index in [0.717, 1.165) is 25.7 Å². The molecule has 0 N–H and O–H groups in total. The summed E-state index contributed by atoms with van der Waals surface area (Å²) in [4.78, 5) is 12.3. The Morgan fingerprint density at radius 3 is 2.50 bits per heavy atom. The number of carbonyl (C=O) groups excluding carboxylic acids is 1. The third-order valence-corrected chi connectivity index (χ3v) is 5.60. The fourth-order valence-corrected chi connectivity index (χ4v) is 3.79. The summed E-state index contributed by atoms with van der Waals surface area (Å²) in [6.45, 7) is 2.04. The fraction of sp³-hybridized carbons (Fsp3) is 0.643. The summed E-state index contributed by atoms with van der Waals surface area (Å²) >= 11 is 12.1. The lowest BCUT2D eigenvalue weighted by molar-refractivity contribution is -0.205. The molecule has 2 nitrogen and oxygen atoms in total. The molecule has 4 aliphatic rings. The van der Waals surface area contributed by atoms with Crippen molar-refractivity contribution in [1.82, 2.24) is 0 Å². The fourth-order valence-electron chi connectivity index (χ4n) is 3.41. The molecule has 1 saturated carbocycles. The summed E-state index contributed by atoms with van der Waals surface area (Å²) in [7, 11) is 0. The number of ether oxygens (including phenoxy) is 1. The molecule has 3 fully saturated rings. The Morgan fingerprint density at radius 2 is 1.94 bits per heavy atom. The molecule has 4 rings (SSSR count). The highest BCUT2D eigenvalue weighted by Crippen LogP contribution is 2.56. The summed E-state index contributed by atoms with van der Waals surface area (Å²) in [6.07, 6.45) is 8.23. The summed E-state index contributed by atoms with van der Waals surface area (Å²) in [5.74, 6) is 0.0875. The maximum Gasteiger partial charge on any atom is 0.313 e. The van der Waals surface area contributed by atoms with Crippen molar-refractivity contribution < 1.29 is 9.53 Å². The Bertz CT molecular complexity index is 456. The van der Waals surface area contributed by atoms with E-state index in [1.165, 1.54) is 0 Å². The van der Waals surface area contributed by atoms with Crippen LogP contribution in [0.15, 0.2) is 22.2 Å². The average molecular weight is 287 g/mol. The van der Waals surface area contributed by atoms with Gasteiger partial charge in [0.2, 0.25) is 0 Å². The number of allylic oxidation sites excluding steroid dienone is 4. The van der Waals surface area contributed by atoms with Gasteiger partial charge in [-0.1, -0.05) is 29.3 Å². The molecule has 1 atom stereocenters. The van der Waals surface area contributed by atoms with Crippen LogP contribution in [-0.2, 0) is 9.53 Å². The maximum absolute atomic E-state index is 12.3. The molecule has 98 valence electrons. The Morgan fingerprint density at radius 1 is 1.28 bits per heavy atom. The quantitative estimate of drug-likeness (QED) is 0.678. The lowest BCUT2D eigenvalue weighted by Gasteiger charge is -2.52. The largest absolute Gasteiger partial charge is 0.459 e. The van der Waals surface area contributed by atoms with E-state index < -0.39 is 0 Å². The average Bonchev–Trinajstić information content (AvgIpc) is 2.33. The lowest BCUT2D eigenvalue weighted by Crippen LogP contribution is -2.55. The lowest BCUT2D eigenvalue weighted by atomic mass is 9.59. The number of esters is 1. The number of hydrogen-bond donors (Lipinski definition) is 0. The monoisotopic (exact) mass is 286 g/mol. The standard InChI is InChI=1S/C14H16Cl2O2/c1-13-4-6-14(7-5-13,12(17)18-13)9-2-3-10(15)11(16)8-9/h2-3,9H,4-8H2,1H3/t9?,13-,14+. The van der Waals surface area contributed by atoms with Gasteiger partial charge in [0.15, 0.2) is 0 Å². The molecule has 0 aromatic rings. The summed E-state index contributed by atoms with van der Waals surface area (Å²) < 4.78 is 5.63. The van der Waals surface area contributed by atoms with Crippen molar-refractivity contribution in [2.24, 2.45) is 11.3 Å². The highest BCUT2D eigenvalue weighted by molar-refractivity contribution is 6.40. The first-order valence-electron chi connectivity index (χ1n) is 6.41. The third-order valence-electron chi connectivity index (χ3n) is 4.79. The second-order valence-electron chi connectivity index (χ2n) is 5.92. The summed E-state index contributed by atoms with van der Waals surface area (Å²) in [5.41, 5.74) is -0.597. The smallest absolute Gasteiger partial charge is 0.313 e. The van der Waals surface area contributed by atoms with Gasteiger partial charge >= 0.3 is 5.97 Å². The topological polar surface area (TPSA) is 26.3 Å². The minimum absolute atomic E-state index is 0.0420. The second-order valence-corrected chi connectivity index (χ2v) is 6.78. The van der Waals surface area contributed by atoms with Crippen LogP contribution in [0.2, 0.25) is 0 Å². The predicted molar refractivity (Wildman–Crippen MR) is 71.4 cm³/mol. The molecular formula is C14H16Cl2O2. The third kappa shape index (κ3) is 1.73. The van der Waals surface area contributed by atoms with Crippen molar-refractivity contribution in [3.8, 4) is 0 Å². The number of halogens is 2. The van der Waals surface area contributed by atoms with Crippen molar-refractivity contribution in [1.29, 1.82) is 0 Å². The molecule has 2 bridgehead atoms. The highest BCUT2D eigenvalue weighted by Gasteiger charge is 2.57. The molecule has 2 heterocycles. The molecule has 0 radical (unpaired) electrons. The minimum atomic E-state index is -0.369. The van der Waals surface area contributed by atoms with Crippen molar-refractivity contribution >= 4 is 29.2 Å². The molecular weight excluding hydrogens is 271 g/mol. The molecule has 0 amide bonds.